The van der Waals surface area contributed by atoms with Crippen LogP contribution in [0, 0.1) is 0 Å². The number of thioether (sulfide) groups is 2. The van der Waals surface area contributed by atoms with Crippen LogP contribution in [-0.4, -0.2) is 98.5 Å². The second-order valence-electron chi connectivity index (χ2n) is 9.90. The van der Waals surface area contributed by atoms with E-state index in [9.17, 15) is 39.6 Å². The number of anilines is 1. The number of fused-ring (bicyclic) bond motifs is 1. The van der Waals surface area contributed by atoms with E-state index in [0.29, 0.717) is 20.5 Å². The minimum Gasteiger partial charge on any atom is -0.504 e. The topological polar surface area (TPSA) is 251 Å². The van der Waals surface area contributed by atoms with Crippen LogP contribution >= 0.6 is 46.2 Å². The van der Waals surface area contributed by atoms with Crippen molar-refractivity contribution in [2.24, 2.45) is 5.16 Å². The van der Waals surface area contributed by atoms with Crippen LogP contribution in [0.25, 0.3) is 10.6 Å². The van der Waals surface area contributed by atoms with E-state index in [1.165, 1.54) is 66.2 Å². The van der Waals surface area contributed by atoms with Gasteiger partial charge >= 0.3 is 11.9 Å². The maximum Gasteiger partial charge on any atom is 0.352 e. The number of hydrogen-bond donors (Lipinski definition) is 6. The summed E-state index contributed by atoms with van der Waals surface area (Å²) >= 11 is 4.70. The molecule has 1 saturated heterocycles. The Balaban J connectivity index is 1.29. The summed E-state index contributed by atoms with van der Waals surface area (Å²) in [5, 5.41) is 54.4. The zero-order chi connectivity index (χ0) is 32.6. The fraction of sp³-hybridized carbons (Fsp3) is 0.280. The number of aromatic hydroxyl groups is 2. The molecule has 5 rings (SSSR count). The zero-order valence-electron chi connectivity index (χ0n) is 23.2. The second kappa shape index (κ2) is 12.5. The van der Waals surface area contributed by atoms with Gasteiger partial charge in [0.1, 0.15) is 27.8 Å². The van der Waals surface area contributed by atoms with Crippen molar-refractivity contribution in [3.63, 3.8) is 0 Å². The van der Waals surface area contributed by atoms with Crippen molar-refractivity contribution in [2.75, 3.05) is 17.2 Å². The zero-order valence-corrected chi connectivity index (χ0v) is 26.4. The smallest absolute Gasteiger partial charge is 0.352 e. The molecule has 3 aromatic rings. The third-order valence-electron chi connectivity index (χ3n) is 6.39. The molecule has 4 heterocycles. The highest BCUT2D eigenvalue weighted by Gasteiger charge is 2.54. The summed E-state index contributed by atoms with van der Waals surface area (Å²) in [6.07, 6.45) is 0. The fourth-order valence-corrected chi connectivity index (χ4v) is 7.87. The molecule has 0 spiro atoms. The minimum absolute atomic E-state index is 0.00333. The van der Waals surface area contributed by atoms with Crippen molar-refractivity contribution in [1.82, 2.24) is 25.4 Å². The van der Waals surface area contributed by atoms with Gasteiger partial charge in [-0.05, 0) is 37.6 Å². The number of hydrogen-bond acceptors (Lipinski definition) is 16. The molecule has 2 aromatic heterocycles. The van der Waals surface area contributed by atoms with E-state index in [-0.39, 0.29) is 39.5 Å². The van der Waals surface area contributed by atoms with Crippen LogP contribution in [-0.2, 0) is 24.0 Å². The summed E-state index contributed by atoms with van der Waals surface area (Å²) in [6, 6.07) is 3.15. The van der Waals surface area contributed by atoms with Gasteiger partial charge in [-0.25, -0.2) is 14.6 Å². The lowest BCUT2D eigenvalue weighted by atomic mass is 10.0. The molecular weight excluding hydrogens is 671 g/mol. The Hall–Kier alpha value is -4.40. The number of phenols is 2. The van der Waals surface area contributed by atoms with Gasteiger partial charge in [0.15, 0.2) is 26.7 Å². The predicted octanol–water partition coefficient (Wildman–Crippen LogP) is 1.77. The van der Waals surface area contributed by atoms with Crippen LogP contribution in [0.1, 0.15) is 19.5 Å². The third-order valence-corrected chi connectivity index (χ3v) is 10.6. The highest BCUT2D eigenvalue weighted by Crippen LogP contribution is 2.42. The number of nitrogens with two attached hydrogens (primary N) is 1. The molecule has 0 bridgehead atoms. The quantitative estimate of drug-likeness (QED) is 0.0550. The van der Waals surface area contributed by atoms with Crippen molar-refractivity contribution in [3.8, 4) is 22.1 Å². The van der Waals surface area contributed by atoms with E-state index >= 15 is 0 Å². The average molecular weight is 694 g/mol. The van der Waals surface area contributed by atoms with E-state index in [0.717, 1.165) is 16.2 Å². The first-order chi connectivity index (χ1) is 21.3. The van der Waals surface area contributed by atoms with Crippen LogP contribution < -0.4 is 11.1 Å². The summed E-state index contributed by atoms with van der Waals surface area (Å²) in [4.78, 5) is 60.4. The number of thiazole rings is 1. The maximum absolute atomic E-state index is 13.2. The number of aliphatic carboxylic acids is 2. The number of β-lactam (4-membered cyclic amide) rings is 1. The summed E-state index contributed by atoms with van der Waals surface area (Å²) in [6.45, 7) is 2.47. The molecule has 2 amide bonds. The molecule has 1 fully saturated rings. The highest BCUT2D eigenvalue weighted by molar-refractivity contribution is 8.01. The predicted molar refractivity (Wildman–Crippen MR) is 165 cm³/mol. The van der Waals surface area contributed by atoms with Crippen LogP contribution in [0.2, 0.25) is 0 Å². The molecule has 0 unspecified atom stereocenters. The number of nitrogens with one attached hydrogen (secondary N) is 1. The number of rotatable bonds is 11. The molecule has 2 aliphatic rings. The molecule has 236 valence electrons. The molecule has 2 atom stereocenters. The Bertz CT molecular complexity index is 1770. The summed E-state index contributed by atoms with van der Waals surface area (Å²) < 4.78 is 0.518. The number of phenolic OH excluding ortho intramolecular Hbond substituents is 2. The molecular formula is C25H23N7O9S4. The van der Waals surface area contributed by atoms with Gasteiger partial charge in [0.25, 0.3) is 11.8 Å². The number of oxime groups is 1. The highest BCUT2D eigenvalue weighted by atomic mass is 32.2. The third kappa shape index (κ3) is 6.53. The maximum atomic E-state index is 13.2. The average Bonchev–Trinajstić information content (AvgIpc) is 3.64. The summed E-state index contributed by atoms with van der Waals surface area (Å²) in [7, 11) is 0. The lowest BCUT2D eigenvalue weighted by Gasteiger charge is -2.49. The number of carboxylic acids is 2. The number of nitrogen functional groups attached to an aromatic ring is 1. The van der Waals surface area contributed by atoms with Crippen LogP contribution in [0.4, 0.5) is 5.13 Å². The Morgan fingerprint density at radius 1 is 1.22 bits per heavy atom. The Kier molecular flexibility index (Phi) is 8.92. The minimum atomic E-state index is -1.78. The molecule has 0 aliphatic carbocycles. The van der Waals surface area contributed by atoms with E-state index in [2.05, 4.69) is 25.7 Å². The van der Waals surface area contributed by atoms with E-state index in [1.54, 1.807) is 6.07 Å². The van der Waals surface area contributed by atoms with Crippen molar-refractivity contribution in [2.45, 2.75) is 35.2 Å². The second-order valence-corrected chi connectivity index (χ2v) is 14.1. The Labute approximate surface area is 270 Å². The molecule has 16 nitrogen and oxygen atoms in total. The van der Waals surface area contributed by atoms with E-state index in [1.807, 2.05) is 0 Å². The molecule has 0 radical (unpaired) electrons. The summed E-state index contributed by atoms with van der Waals surface area (Å²) in [5.41, 5.74) is 4.32. The van der Waals surface area contributed by atoms with Gasteiger partial charge in [-0.2, -0.15) is 0 Å². The van der Waals surface area contributed by atoms with Crippen LogP contribution in [0.15, 0.2) is 44.3 Å². The fourth-order valence-electron chi connectivity index (χ4n) is 3.99. The molecule has 0 saturated carbocycles. The van der Waals surface area contributed by atoms with Crippen LogP contribution in [0.5, 0.6) is 11.5 Å². The van der Waals surface area contributed by atoms with Gasteiger partial charge < -0.3 is 36.3 Å². The van der Waals surface area contributed by atoms with Gasteiger partial charge in [0.05, 0.1) is 0 Å². The van der Waals surface area contributed by atoms with Crippen molar-refractivity contribution >= 4 is 80.8 Å². The number of amides is 2. The SMILES string of the molecule is CC(C)(ON=C(C(=O)N[C@@H]1C(=O)N2C(C(=O)O)=C(CSc3nnc(-c4ccc(O)c(O)c4)s3)CS[C@@H]12)c1csc(N)n1)C(=O)O. The normalized spacial score (nSPS) is 18.3. The number of aromatic nitrogens is 3. The summed E-state index contributed by atoms with van der Waals surface area (Å²) in [5.74, 6) is -4.33. The number of nitrogens with zero attached hydrogens (tertiary/aromatic N) is 5. The first-order valence-corrected chi connectivity index (χ1v) is 16.4. The standard InChI is InChI=1S/C25H23N7O9S4/c1-25(2,22(39)40)41-31-14(11-8-43-23(26)27-11)17(35)28-15-19(36)32-16(21(37)38)10(6-42-20(15)32)7-44-24-30-29-18(45-24)9-3-4-12(33)13(34)5-9/h3-5,8,15,20,33-34H,6-7H2,1-2H3,(H2,26,27)(H,28,35)(H,37,38)(H,39,40)/t15-,20+/m1/s1. The molecule has 2 aliphatic heterocycles. The Morgan fingerprint density at radius 2 is 1.98 bits per heavy atom. The molecule has 45 heavy (non-hydrogen) atoms. The van der Waals surface area contributed by atoms with Crippen LogP contribution in [0.3, 0.4) is 0 Å². The first kappa shape index (κ1) is 32.0. The van der Waals surface area contributed by atoms with E-state index < -0.39 is 46.5 Å². The largest absolute Gasteiger partial charge is 0.504 e. The van der Waals surface area contributed by atoms with Gasteiger partial charge in [-0.15, -0.1) is 33.3 Å². The lowest BCUT2D eigenvalue weighted by Crippen LogP contribution is -2.71. The van der Waals surface area contributed by atoms with Gasteiger partial charge in [0, 0.05) is 22.4 Å². The molecule has 7 N–H and O–H groups in total. The van der Waals surface area contributed by atoms with Gasteiger partial charge in [-0.1, -0.05) is 28.3 Å². The number of carbonyl (C=O) groups excluding carboxylic acids is 2. The molecule has 20 heteroatoms. The van der Waals surface area contributed by atoms with Crippen molar-refractivity contribution < 1.29 is 44.4 Å². The number of carboxylic acid groups (broad SMARTS) is 2. The molecule has 1 aromatic carbocycles. The van der Waals surface area contributed by atoms with Crippen molar-refractivity contribution in [3.05, 3.63) is 40.5 Å². The Morgan fingerprint density at radius 3 is 2.62 bits per heavy atom. The van der Waals surface area contributed by atoms with Crippen molar-refractivity contribution in [1.29, 1.82) is 0 Å². The number of benzene rings is 1. The lowest BCUT2D eigenvalue weighted by molar-refractivity contribution is -0.161. The van der Waals surface area contributed by atoms with Gasteiger partial charge in [-0.3, -0.25) is 14.5 Å². The van der Waals surface area contributed by atoms with Gasteiger partial charge in [0.2, 0.25) is 5.60 Å². The van der Waals surface area contributed by atoms with E-state index in [4.69, 9.17) is 10.6 Å². The first-order valence-electron chi connectivity index (χ1n) is 12.7. The number of carbonyl (C=O) groups is 4. The monoisotopic (exact) mass is 693 g/mol.